The third-order valence-corrected chi connectivity index (χ3v) is 5.88. The summed E-state index contributed by atoms with van der Waals surface area (Å²) < 4.78 is 2.31. The van der Waals surface area contributed by atoms with Gasteiger partial charge in [-0.3, -0.25) is 4.79 Å². The van der Waals surface area contributed by atoms with Crippen LogP contribution in [0.1, 0.15) is 61.3 Å². The number of carbonyl (C=O) groups excluding carboxylic acids is 1. The number of aromatic nitrogens is 2. The van der Waals surface area contributed by atoms with E-state index in [0.29, 0.717) is 6.04 Å². The highest BCUT2D eigenvalue weighted by Gasteiger charge is 2.18. The second-order valence-electron chi connectivity index (χ2n) is 7.61. The van der Waals surface area contributed by atoms with Crippen molar-refractivity contribution in [1.29, 1.82) is 0 Å². The van der Waals surface area contributed by atoms with Crippen molar-refractivity contribution in [1.82, 2.24) is 14.9 Å². The SMILES string of the molecule is O=C(NCC[NH+]1CCCC1)c1ccc2c(c1)ncn2C1CCCCC1. The van der Waals surface area contributed by atoms with Crippen molar-refractivity contribution in [2.45, 2.75) is 51.0 Å². The Morgan fingerprint density at radius 2 is 1.96 bits per heavy atom. The molecule has 1 aliphatic heterocycles. The van der Waals surface area contributed by atoms with Gasteiger partial charge in [-0.25, -0.2) is 4.98 Å². The van der Waals surface area contributed by atoms with Crippen LogP contribution in [0.15, 0.2) is 24.5 Å². The van der Waals surface area contributed by atoms with E-state index in [1.807, 2.05) is 18.5 Å². The standard InChI is InChI=1S/C20H28N4O/c25-20(21-10-13-23-11-4-5-12-23)16-8-9-19-18(14-16)22-15-24(19)17-6-2-1-3-7-17/h8-9,14-15,17H,1-7,10-13H2,(H,21,25)/p+1. The van der Waals surface area contributed by atoms with E-state index in [1.54, 1.807) is 4.90 Å². The molecule has 1 saturated heterocycles. The van der Waals surface area contributed by atoms with E-state index in [4.69, 9.17) is 0 Å². The largest absolute Gasteiger partial charge is 0.346 e. The molecular weight excluding hydrogens is 312 g/mol. The van der Waals surface area contributed by atoms with Crippen LogP contribution in [0.4, 0.5) is 0 Å². The molecule has 2 N–H and O–H groups in total. The van der Waals surface area contributed by atoms with Crippen LogP contribution in [0.2, 0.25) is 0 Å². The lowest BCUT2D eigenvalue weighted by molar-refractivity contribution is -0.886. The average molecular weight is 341 g/mol. The molecule has 4 rings (SSSR count). The number of fused-ring (bicyclic) bond motifs is 1. The van der Waals surface area contributed by atoms with Crippen LogP contribution in [-0.4, -0.2) is 41.6 Å². The molecule has 2 heterocycles. The molecule has 1 aromatic heterocycles. The zero-order chi connectivity index (χ0) is 17.1. The summed E-state index contributed by atoms with van der Waals surface area (Å²) in [6.45, 7) is 4.29. The molecule has 1 aliphatic carbocycles. The first kappa shape index (κ1) is 16.6. The predicted octanol–water partition coefficient (Wildman–Crippen LogP) is 1.95. The van der Waals surface area contributed by atoms with Crippen LogP contribution >= 0.6 is 0 Å². The normalized spacial score (nSPS) is 19.5. The molecule has 2 fully saturated rings. The lowest BCUT2D eigenvalue weighted by Gasteiger charge is -2.23. The lowest BCUT2D eigenvalue weighted by atomic mass is 9.95. The van der Waals surface area contributed by atoms with E-state index in [2.05, 4.69) is 20.9 Å². The Labute approximate surface area is 149 Å². The van der Waals surface area contributed by atoms with E-state index < -0.39 is 0 Å². The maximum atomic E-state index is 12.4. The predicted molar refractivity (Wildman–Crippen MR) is 99.0 cm³/mol. The topological polar surface area (TPSA) is 51.4 Å². The molecule has 0 spiro atoms. The molecule has 2 aromatic rings. The highest BCUT2D eigenvalue weighted by molar-refractivity contribution is 5.97. The fourth-order valence-electron chi connectivity index (χ4n) is 4.40. The summed E-state index contributed by atoms with van der Waals surface area (Å²) in [5, 5.41) is 3.07. The van der Waals surface area contributed by atoms with Gasteiger partial charge in [-0.1, -0.05) is 19.3 Å². The zero-order valence-electron chi connectivity index (χ0n) is 15.0. The van der Waals surface area contributed by atoms with Gasteiger partial charge < -0.3 is 14.8 Å². The maximum Gasteiger partial charge on any atom is 0.251 e. The van der Waals surface area contributed by atoms with Crippen LogP contribution in [0.5, 0.6) is 0 Å². The fraction of sp³-hybridized carbons (Fsp3) is 0.600. The number of hydrogen-bond acceptors (Lipinski definition) is 2. The van der Waals surface area contributed by atoms with Crippen molar-refractivity contribution in [3.05, 3.63) is 30.1 Å². The Morgan fingerprint density at radius 3 is 2.76 bits per heavy atom. The van der Waals surface area contributed by atoms with Crippen molar-refractivity contribution in [3.63, 3.8) is 0 Å². The molecule has 25 heavy (non-hydrogen) atoms. The number of nitrogens with one attached hydrogen (secondary N) is 2. The molecule has 0 bridgehead atoms. The lowest BCUT2D eigenvalue weighted by Crippen LogP contribution is -3.10. The third kappa shape index (κ3) is 3.71. The van der Waals surface area contributed by atoms with E-state index in [9.17, 15) is 4.79 Å². The number of hydrogen-bond donors (Lipinski definition) is 2. The Bertz CT molecular complexity index is 726. The van der Waals surface area contributed by atoms with E-state index in [1.165, 1.54) is 58.0 Å². The van der Waals surface area contributed by atoms with Gasteiger partial charge in [-0.15, -0.1) is 0 Å². The molecule has 0 atom stereocenters. The molecule has 5 nitrogen and oxygen atoms in total. The number of likely N-dealkylation sites (tertiary alicyclic amines) is 1. The molecule has 5 heteroatoms. The molecule has 134 valence electrons. The number of imidazole rings is 1. The smallest absolute Gasteiger partial charge is 0.251 e. The van der Waals surface area contributed by atoms with Gasteiger partial charge in [-0.2, -0.15) is 0 Å². The van der Waals surface area contributed by atoms with Crippen LogP contribution in [0.3, 0.4) is 0 Å². The Kier molecular flexibility index (Phi) is 5.02. The van der Waals surface area contributed by atoms with Gasteiger partial charge >= 0.3 is 0 Å². The second kappa shape index (κ2) is 7.56. The number of carbonyl (C=O) groups is 1. The van der Waals surface area contributed by atoms with Gasteiger partial charge in [-0.05, 0) is 31.0 Å². The second-order valence-corrected chi connectivity index (χ2v) is 7.61. The van der Waals surface area contributed by atoms with E-state index in [-0.39, 0.29) is 5.91 Å². The summed E-state index contributed by atoms with van der Waals surface area (Å²) in [6, 6.07) is 6.52. The highest BCUT2D eigenvalue weighted by Crippen LogP contribution is 2.30. The maximum absolute atomic E-state index is 12.4. The van der Waals surface area contributed by atoms with Crippen molar-refractivity contribution >= 4 is 16.9 Å². The van der Waals surface area contributed by atoms with Crippen molar-refractivity contribution in [2.75, 3.05) is 26.2 Å². The summed E-state index contributed by atoms with van der Waals surface area (Å²) in [5.41, 5.74) is 2.81. The van der Waals surface area contributed by atoms with Gasteiger partial charge in [0.2, 0.25) is 0 Å². The van der Waals surface area contributed by atoms with Crippen molar-refractivity contribution in [3.8, 4) is 0 Å². The first-order valence-corrected chi connectivity index (χ1v) is 9.89. The Balaban J connectivity index is 1.41. The van der Waals surface area contributed by atoms with Crippen LogP contribution in [0.25, 0.3) is 11.0 Å². The molecule has 1 saturated carbocycles. The average Bonchev–Trinajstić information content (AvgIpc) is 3.31. The number of rotatable bonds is 5. The first-order valence-electron chi connectivity index (χ1n) is 9.89. The quantitative estimate of drug-likeness (QED) is 0.873. The molecule has 1 aromatic carbocycles. The molecule has 2 aliphatic rings. The van der Waals surface area contributed by atoms with Gasteiger partial charge in [0, 0.05) is 24.4 Å². The summed E-state index contributed by atoms with van der Waals surface area (Å²) >= 11 is 0. The Hall–Kier alpha value is -1.88. The molecule has 0 unspecified atom stereocenters. The summed E-state index contributed by atoms with van der Waals surface area (Å²) in [4.78, 5) is 18.6. The summed E-state index contributed by atoms with van der Waals surface area (Å²) in [7, 11) is 0. The van der Waals surface area contributed by atoms with Gasteiger partial charge in [0.05, 0.1) is 43.5 Å². The van der Waals surface area contributed by atoms with Gasteiger partial charge in [0.15, 0.2) is 0 Å². The van der Waals surface area contributed by atoms with E-state index in [0.717, 1.165) is 29.7 Å². The summed E-state index contributed by atoms with van der Waals surface area (Å²) in [5.74, 6) is 0.0210. The van der Waals surface area contributed by atoms with Crippen LogP contribution in [0, 0.1) is 0 Å². The number of quaternary nitrogens is 1. The fourth-order valence-corrected chi connectivity index (χ4v) is 4.40. The van der Waals surface area contributed by atoms with Crippen LogP contribution in [-0.2, 0) is 0 Å². The zero-order valence-corrected chi connectivity index (χ0v) is 15.0. The number of benzene rings is 1. The van der Waals surface area contributed by atoms with Gasteiger partial charge in [0.25, 0.3) is 5.91 Å². The molecule has 1 amide bonds. The van der Waals surface area contributed by atoms with Gasteiger partial charge in [0.1, 0.15) is 0 Å². The third-order valence-electron chi connectivity index (χ3n) is 5.88. The minimum absolute atomic E-state index is 0.0210. The van der Waals surface area contributed by atoms with Crippen molar-refractivity contribution in [2.24, 2.45) is 0 Å². The number of amides is 1. The summed E-state index contributed by atoms with van der Waals surface area (Å²) in [6.07, 6.45) is 11.1. The van der Waals surface area contributed by atoms with E-state index >= 15 is 0 Å². The highest BCUT2D eigenvalue weighted by atomic mass is 16.1. The minimum atomic E-state index is 0.0210. The first-order chi connectivity index (χ1) is 12.3. The monoisotopic (exact) mass is 341 g/mol. The Morgan fingerprint density at radius 1 is 1.16 bits per heavy atom. The van der Waals surface area contributed by atoms with Crippen molar-refractivity contribution < 1.29 is 9.69 Å². The minimum Gasteiger partial charge on any atom is -0.346 e. The van der Waals surface area contributed by atoms with Crippen LogP contribution < -0.4 is 10.2 Å². The molecule has 0 radical (unpaired) electrons. The number of nitrogens with zero attached hydrogens (tertiary/aromatic N) is 2. The molecular formula is C20H29N4O+.